The minimum absolute atomic E-state index is 0.0670. The summed E-state index contributed by atoms with van der Waals surface area (Å²) in [6, 6.07) is 1.60. The molecule has 1 saturated heterocycles. The minimum Gasteiger partial charge on any atom is -0.396 e. The molecule has 0 amide bonds. The van der Waals surface area contributed by atoms with Crippen molar-refractivity contribution in [3.05, 3.63) is 22.6 Å². The number of rotatable bonds is 5. The highest BCUT2D eigenvalue weighted by Gasteiger charge is 2.22. The zero-order chi connectivity index (χ0) is 13.0. The normalized spacial score (nSPS) is 19.4. The number of aliphatic hydroxyl groups is 1. The zero-order valence-corrected chi connectivity index (χ0v) is 10.6. The SMILES string of the molecule is COC1CCN(c2cnn(CCCO)c(=O)c2)C1. The molecule has 1 aliphatic heterocycles. The van der Waals surface area contributed by atoms with Gasteiger partial charge in [0.05, 0.1) is 18.0 Å². The molecule has 0 aromatic carbocycles. The molecule has 18 heavy (non-hydrogen) atoms. The Balaban J connectivity index is 2.07. The maximum atomic E-state index is 11.8. The van der Waals surface area contributed by atoms with Gasteiger partial charge in [-0.3, -0.25) is 4.79 Å². The maximum Gasteiger partial charge on any atom is 0.268 e. The van der Waals surface area contributed by atoms with Crippen LogP contribution in [0.5, 0.6) is 0 Å². The maximum absolute atomic E-state index is 11.8. The highest BCUT2D eigenvalue weighted by atomic mass is 16.5. The average molecular weight is 253 g/mol. The van der Waals surface area contributed by atoms with Gasteiger partial charge in [0.2, 0.25) is 0 Å². The van der Waals surface area contributed by atoms with Crippen LogP contribution in [-0.2, 0) is 11.3 Å². The van der Waals surface area contributed by atoms with E-state index in [0.717, 1.165) is 25.2 Å². The number of hydrogen-bond donors (Lipinski definition) is 1. The quantitative estimate of drug-likeness (QED) is 0.790. The Morgan fingerprint density at radius 3 is 3.06 bits per heavy atom. The summed E-state index contributed by atoms with van der Waals surface area (Å²) in [6.07, 6.45) is 3.46. The number of hydrogen-bond acceptors (Lipinski definition) is 5. The van der Waals surface area contributed by atoms with Crippen LogP contribution in [0, 0.1) is 0 Å². The van der Waals surface area contributed by atoms with Crippen LogP contribution >= 0.6 is 0 Å². The Morgan fingerprint density at radius 1 is 1.61 bits per heavy atom. The van der Waals surface area contributed by atoms with Crippen molar-refractivity contribution in [3.63, 3.8) is 0 Å². The molecule has 0 radical (unpaired) electrons. The van der Waals surface area contributed by atoms with Crippen molar-refractivity contribution in [2.75, 3.05) is 31.7 Å². The lowest BCUT2D eigenvalue weighted by Gasteiger charge is -2.17. The Morgan fingerprint density at radius 2 is 2.44 bits per heavy atom. The summed E-state index contributed by atoms with van der Waals surface area (Å²) in [5.74, 6) is 0. The van der Waals surface area contributed by atoms with Crippen LogP contribution in [0.4, 0.5) is 5.69 Å². The summed E-state index contributed by atoms with van der Waals surface area (Å²) >= 11 is 0. The molecule has 1 aromatic heterocycles. The Labute approximate surface area is 106 Å². The first kappa shape index (κ1) is 13.0. The largest absolute Gasteiger partial charge is 0.396 e. The van der Waals surface area contributed by atoms with Crippen molar-refractivity contribution < 1.29 is 9.84 Å². The number of nitrogens with zero attached hydrogens (tertiary/aromatic N) is 3. The first-order chi connectivity index (χ1) is 8.74. The lowest BCUT2D eigenvalue weighted by molar-refractivity contribution is 0.121. The van der Waals surface area contributed by atoms with Gasteiger partial charge in [0, 0.05) is 39.4 Å². The molecule has 1 unspecified atom stereocenters. The van der Waals surface area contributed by atoms with E-state index in [1.54, 1.807) is 19.4 Å². The molecule has 6 heteroatoms. The molecule has 100 valence electrons. The Hall–Kier alpha value is -1.40. The van der Waals surface area contributed by atoms with Crippen molar-refractivity contribution in [2.45, 2.75) is 25.5 Å². The minimum atomic E-state index is -0.123. The summed E-state index contributed by atoms with van der Waals surface area (Å²) in [5, 5.41) is 12.9. The second kappa shape index (κ2) is 5.97. The molecule has 1 aromatic rings. The smallest absolute Gasteiger partial charge is 0.268 e. The summed E-state index contributed by atoms with van der Waals surface area (Å²) < 4.78 is 6.68. The second-order valence-electron chi connectivity index (χ2n) is 4.44. The molecule has 2 rings (SSSR count). The molecule has 1 N–H and O–H groups in total. The first-order valence-electron chi connectivity index (χ1n) is 6.20. The van der Waals surface area contributed by atoms with E-state index in [-0.39, 0.29) is 18.3 Å². The predicted molar refractivity (Wildman–Crippen MR) is 67.8 cm³/mol. The molecule has 6 nitrogen and oxygen atoms in total. The number of anilines is 1. The van der Waals surface area contributed by atoms with Crippen LogP contribution in [-0.4, -0.2) is 47.8 Å². The van der Waals surface area contributed by atoms with Gasteiger partial charge < -0.3 is 14.7 Å². The van der Waals surface area contributed by atoms with Crippen molar-refractivity contribution in [1.29, 1.82) is 0 Å². The molecule has 2 heterocycles. The summed E-state index contributed by atoms with van der Waals surface area (Å²) in [4.78, 5) is 13.9. The van der Waals surface area contributed by atoms with Crippen molar-refractivity contribution in [3.8, 4) is 0 Å². The molecule has 0 bridgehead atoms. The summed E-state index contributed by atoms with van der Waals surface area (Å²) in [7, 11) is 1.71. The van der Waals surface area contributed by atoms with Gasteiger partial charge in [0.1, 0.15) is 0 Å². The van der Waals surface area contributed by atoms with Gasteiger partial charge >= 0.3 is 0 Å². The lowest BCUT2D eigenvalue weighted by Crippen LogP contribution is -2.27. The number of methoxy groups -OCH3 is 1. The van der Waals surface area contributed by atoms with E-state index in [9.17, 15) is 4.79 Å². The van der Waals surface area contributed by atoms with Gasteiger partial charge in [-0.2, -0.15) is 5.10 Å². The highest BCUT2D eigenvalue weighted by molar-refractivity contribution is 5.44. The first-order valence-corrected chi connectivity index (χ1v) is 6.20. The molecule has 0 aliphatic carbocycles. The zero-order valence-electron chi connectivity index (χ0n) is 10.6. The van der Waals surface area contributed by atoms with E-state index in [1.165, 1.54) is 4.68 Å². The van der Waals surface area contributed by atoms with Gasteiger partial charge in [-0.05, 0) is 12.8 Å². The van der Waals surface area contributed by atoms with Crippen LogP contribution in [0.15, 0.2) is 17.1 Å². The van der Waals surface area contributed by atoms with Gasteiger partial charge in [-0.1, -0.05) is 0 Å². The molecular weight excluding hydrogens is 234 g/mol. The van der Waals surface area contributed by atoms with E-state index < -0.39 is 0 Å². The third kappa shape index (κ3) is 2.88. The molecule has 1 atom stereocenters. The number of ether oxygens (including phenoxy) is 1. The molecule has 0 spiro atoms. The number of aryl methyl sites for hydroxylation is 1. The fourth-order valence-corrected chi connectivity index (χ4v) is 2.14. The molecule has 0 saturated carbocycles. The van der Waals surface area contributed by atoms with Crippen LogP contribution < -0.4 is 10.5 Å². The van der Waals surface area contributed by atoms with Gasteiger partial charge in [0.15, 0.2) is 0 Å². The predicted octanol–water partition coefficient (Wildman–Crippen LogP) is -0.149. The van der Waals surface area contributed by atoms with Crippen LogP contribution in [0.3, 0.4) is 0 Å². The van der Waals surface area contributed by atoms with Crippen LogP contribution in [0.2, 0.25) is 0 Å². The van der Waals surface area contributed by atoms with E-state index in [4.69, 9.17) is 9.84 Å². The Bertz CT molecular complexity index is 446. The van der Waals surface area contributed by atoms with Crippen molar-refractivity contribution in [2.24, 2.45) is 0 Å². The monoisotopic (exact) mass is 253 g/mol. The van der Waals surface area contributed by atoms with Crippen molar-refractivity contribution >= 4 is 5.69 Å². The average Bonchev–Trinajstić information content (AvgIpc) is 2.86. The molecule has 1 fully saturated rings. The topological polar surface area (TPSA) is 67.6 Å². The van der Waals surface area contributed by atoms with Gasteiger partial charge in [0.25, 0.3) is 5.56 Å². The fraction of sp³-hybridized carbons (Fsp3) is 0.667. The van der Waals surface area contributed by atoms with E-state index >= 15 is 0 Å². The Kier molecular flexibility index (Phi) is 4.33. The lowest BCUT2D eigenvalue weighted by atomic mass is 10.3. The second-order valence-corrected chi connectivity index (χ2v) is 4.44. The van der Waals surface area contributed by atoms with E-state index in [0.29, 0.717) is 13.0 Å². The highest BCUT2D eigenvalue weighted by Crippen LogP contribution is 2.19. The third-order valence-corrected chi connectivity index (χ3v) is 3.23. The van der Waals surface area contributed by atoms with Crippen LogP contribution in [0.25, 0.3) is 0 Å². The van der Waals surface area contributed by atoms with E-state index in [1.807, 2.05) is 0 Å². The van der Waals surface area contributed by atoms with Gasteiger partial charge in [-0.25, -0.2) is 4.68 Å². The summed E-state index contributed by atoms with van der Waals surface area (Å²) in [6.45, 7) is 2.21. The van der Waals surface area contributed by atoms with Crippen molar-refractivity contribution in [1.82, 2.24) is 9.78 Å². The van der Waals surface area contributed by atoms with E-state index in [2.05, 4.69) is 10.00 Å². The molecule has 1 aliphatic rings. The summed E-state index contributed by atoms with van der Waals surface area (Å²) in [5.41, 5.74) is 0.724. The number of aliphatic hydroxyl groups excluding tert-OH is 1. The fourth-order valence-electron chi connectivity index (χ4n) is 2.14. The third-order valence-electron chi connectivity index (χ3n) is 3.23. The number of aromatic nitrogens is 2. The standard InChI is InChI=1S/C12H19N3O3/c1-18-11-3-5-14(9-11)10-7-12(17)15(13-8-10)4-2-6-16/h7-8,11,16H,2-6,9H2,1H3. The molecular formula is C12H19N3O3. The van der Waals surface area contributed by atoms with Gasteiger partial charge in [-0.15, -0.1) is 0 Å². The van der Waals surface area contributed by atoms with Crippen LogP contribution in [0.1, 0.15) is 12.8 Å².